The van der Waals surface area contributed by atoms with Crippen molar-refractivity contribution >= 4 is 17.6 Å². The summed E-state index contributed by atoms with van der Waals surface area (Å²) < 4.78 is 7.10. The monoisotopic (exact) mass is 313 g/mol. The van der Waals surface area contributed by atoms with Gasteiger partial charge in [0.15, 0.2) is 6.29 Å². The van der Waals surface area contributed by atoms with Gasteiger partial charge in [-0.2, -0.15) is 0 Å². The highest BCUT2D eigenvalue weighted by Gasteiger charge is 2.17. The van der Waals surface area contributed by atoms with Gasteiger partial charge in [-0.3, -0.25) is 4.79 Å². The summed E-state index contributed by atoms with van der Waals surface area (Å²) in [5, 5.41) is 10.1. The highest BCUT2D eigenvalue weighted by molar-refractivity contribution is 7.09. The number of hydrogen-bond donors (Lipinski definition) is 0. The zero-order chi connectivity index (χ0) is 15.5. The molecule has 5 nitrogen and oxygen atoms in total. The lowest BCUT2D eigenvalue weighted by Crippen LogP contribution is -2.06. The number of rotatable bonds is 5. The Kier molecular flexibility index (Phi) is 4.02. The molecule has 1 aromatic carbocycles. The molecule has 6 heteroatoms. The lowest BCUT2D eigenvalue weighted by molar-refractivity contribution is 0.111. The van der Waals surface area contributed by atoms with Gasteiger partial charge < -0.3 is 4.74 Å². The van der Waals surface area contributed by atoms with E-state index in [-0.39, 0.29) is 0 Å². The maximum atomic E-state index is 11.3. The smallest absolute Gasteiger partial charge is 0.172 e. The average Bonchev–Trinajstić information content (AvgIpc) is 3.17. The zero-order valence-electron chi connectivity index (χ0n) is 12.3. The molecule has 0 atom stereocenters. The molecule has 0 aliphatic heterocycles. The molecular formula is C16H15N3O2S. The maximum Gasteiger partial charge on any atom is 0.172 e. The molecule has 0 aliphatic rings. The Hall–Kier alpha value is -2.47. The molecule has 22 heavy (non-hydrogen) atoms. The normalized spacial score (nSPS) is 10.6. The molecule has 2 aromatic heterocycles. The maximum absolute atomic E-state index is 11.3. The van der Waals surface area contributed by atoms with Gasteiger partial charge in [0.05, 0.1) is 12.8 Å². The van der Waals surface area contributed by atoms with E-state index in [9.17, 15) is 4.79 Å². The Morgan fingerprint density at radius 3 is 2.91 bits per heavy atom. The fraction of sp³-hybridized carbons (Fsp3) is 0.188. The summed E-state index contributed by atoms with van der Waals surface area (Å²) in [6.07, 6.45) is 1.35. The molecule has 0 saturated heterocycles. The number of ether oxygens (including phenoxy) is 1. The number of hydrogen-bond acceptors (Lipinski definition) is 5. The van der Waals surface area contributed by atoms with E-state index in [4.69, 9.17) is 4.74 Å². The van der Waals surface area contributed by atoms with Crippen LogP contribution in [0.5, 0.6) is 5.75 Å². The van der Waals surface area contributed by atoms with Crippen molar-refractivity contribution in [3.05, 3.63) is 57.5 Å². The molecule has 0 bridgehead atoms. The van der Waals surface area contributed by atoms with Crippen molar-refractivity contribution in [2.45, 2.75) is 13.3 Å². The predicted molar refractivity (Wildman–Crippen MR) is 85.2 cm³/mol. The first kappa shape index (κ1) is 14.5. The molecule has 0 N–H and O–H groups in total. The molecular weight excluding hydrogens is 298 g/mol. The third-order valence-electron chi connectivity index (χ3n) is 3.39. The summed E-state index contributed by atoms with van der Waals surface area (Å²) >= 11 is 1.64. The van der Waals surface area contributed by atoms with Crippen molar-refractivity contribution in [1.29, 1.82) is 0 Å². The largest absolute Gasteiger partial charge is 0.494 e. The predicted octanol–water partition coefficient (Wildman–Crippen LogP) is 3.05. The van der Waals surface area contributed by atoms with Crippen molar-refractivity contribution in [3.63, 3.8) is 0 Å². The topological polar surface area (TPSA) is 57.0 Å². The quantitative estimate of drug-likeness (QED) is 0.679. The highest BCUT2D eigenvalue weighted by atomic mass is 32.1. The standard InChI is InChI=1S/C16H15N3O2S/c1-11-5-6-16(21-2)15(8-11)19-14(13(10-20)17-18-19)9-12-4-3-7-22-12/h3-8,10H,9H2,1-2H3. The third-order valence-corrected chi connectivity index (χ3v) is 4.27. The van der Waals surface area contributed by atoms with Crippen LogP contribution in [0.25, 0.3) is 5.69 Å². The van der Waals surface area contributed by atoms with Gasteiger partial charge in [0, 0.05) is 11.3 Å². The van der Waals surface area contributed by atoms with Crippen LogP contribution >= 0.6 is 11.3 Å². The van der Waals surface area contributed by atoms with Gasteiger partial charge >= 0.3 is 0 Å². The molecule has 0 amide bonds. The molecule has 0 spiro atoms. The van der Waals surface area contributed by atoms with Crippen LogP contribution in [0, 0.1) is 6.92 Å². The van der Waals surface area contributed by atoms with Crippen LogP contribution in [-0.2, 0) is 6.42 Å². The number of aryl methyl sites for hydroxylation is 1. The van der Waals surface area contributed by atoms with Crippen LogP contribution in [0.1, 0.15) is 26.6 Å². The summed E-state index contributed by atoms with van der Waals surface area (Å²) in [6, 6.07) is 9.85. The lowest BCUT2D eigenvalue weighted by atomic mass is 10.1. The van der Waals surface area contributed by atoms with Crippen LogP contribution in [-0.4, -0.2) is 28.4 Å². The van der Waals surface area contributed by atoms with Crippen LogP contribution in [0.15, 0.2) is 35.7 Å². The van der Waals surface area contributed by atoms with Gasteiger partial charge in [-0.05, 0) is 36.1 Å². The first-order chi connectivity index (χ1) is 10.7. The van der Waals surface area contributed by atoms with E-state index in [2.05, 4.69) is 10.3 Å². The molecule has 0 radical (unpaired) electrons. The van der Waals surface area contributed by atoms with Crippen molar-refractivity contribution in [2.24, 2.45) is 0 Å². The second-order valence-electron chi connectivity index (χ2n) is 4.88. The van der Waals surface area contributed by atoms with Crippen molar-refractivity contribution in [3.8, 4) is 11.4 Å². The number of aldehydes is 1. The number of carbonyl (C=O) groups excluding carboxylic acids is 1. The molecule has 0 aliphatic carbocycles. The van der Waals surface area contributed by atoms with E-state index in [1.165, 1.54) is 0 Å². The molecule has 0 saturated carbocycles. The van der Waals surface area contributed by atoms with Crippen molar-refractivity contribution in [1.82, 2.24) is 15.0 Å². The molecule has 0 fully saturated rings. The minimum absolute atomic E-state index is 0.358. The van der Waals surface area contributed by atoms with Crippen LogP contribution in [0.4, 0.5) is 0 Å². The molecule has 2 heterocycles. The van der Waals surface area contributed by atoms with Gasteiger partial charge in [0.2, 0.25) is 0 Å². The zero-order valence-corrected chi connectivity index (χ0v) is 13.1. The minimum atomic E-state index is 0.358. The van der Waals surface area contributed by atoms with Gasteiger partial charge in [0.25, 0.3) is 0 Å². The van der Waals surface area contributed by atoms with Crippen LogP contribution < -0.4 is 4.74 Å². The van der Waals surface area contributed by atoms with Crippen molar-refractivity contribution < 1.29 is 9.53 Å². The van der Waals surface area contributed by atoms with Crippen LogP contribution in [0.2, 0.25) is 0 Å². The fourth-order valence-corrected chi connectivity index (χ4v) is 3.02. The van der Waals surface area contributed by atoms with Gasteiger partial charge in [0.1, 0.15) is 17.1 Å². The average molecular weight is 313 g/mol. The van der Waals surface area contributed by atoms with E-state index in [1.807, 2.05) is 42.6 Å². The number of aromatic nitrogens is 3. The van der Waals surface area contributed by atoms with Crippen LogP contribution in [0.3, 0.4) is 0 Å². The number of carbonyl (C=O) groups is 1. The van der Waals surface area contributed by atoms with E-state index < -0.39 is 0 Å². The second-order valence-corrected chi connectivity index (χ2v) is 5.91. The first-order valence-corrected chi connectivity index (χ1v) is 7.68. The van der Waals surface area contributed by atoms with Gasteiger partial charge in [-0.15, -0.1) is 16.4 Å². The Labute approximate surface area is 132 Å². The lowest BCUT2D eigenvalue weighted by Gasteiger charge is -2.11. The Balaban J connectivity index is 2.13. The summed E-state index contributed by atoms with van der Waals surface area (Å²) in [5.74, 6) is 0.695. The summed E-state index contributed by atoms with van der Waals surface area (Å²) in [6.45, 7) is 2.00. The fourth-order valence-electron chi connectivity index (χ4n) is 2.31. The Morgan fingerprint density at radius 2 is 2.23 bits per heavy atom. The second kappa shape index (κ2) is 6.11. The third kappa shape index (κ3) is 2.65. The molecule has 3 rings (SSSR count). The SMILES string of the molecule is COc1ccc(C)cc1-n1nnc(C=O)c1Cc1cccs1. The summed E-state index contributed by atoms with van der Waals surface area (Å²) in [5.41, 5.74) is 2.99. The number of benzene rings is 1. The van der Waals surface area contributed by atoms with E-state index >= 15 is 0 Å². The van der Waals surface area contributed by atoms with Crippen molar-refractivity contribution in [2.75, 3.05) is 7.11 Å². The molecule has 3 aromatic rings. The number of thiophene rings is 1. The van der Waals surface area contributed by atoms with Gasteiger partial charge in [-0.1, -0.05) is 17.3 Å². The number of methoxy groups -OCH3 is 1. The van der Waals surface area contributed by atoms with E-state index in [1.54, 1.807) is 23.1 Å². The summed E-state index contributed by atoms with van der Waals surface area (Å²) in [7, 11) is 1.62. The number of nitrogens with zero attached hydrogens (tertiary/aromatic N) is 3. The minimum Gasteiger partial charge on any atom is -0.494 e. The van der Waals surface area contributed by atoms with E-state index in [0.29, 0.717) is 17.9 Å². The molecule has 112 valence electrons. The Bertz CT molecular complexity index is 794. The molecule has 0 unspecified atom stereocenters. The van der Waals surface area contributed by atoms with Gasteiger partial charge in [-0.25, -0.2) is 4.68 Å². The Morgan fingerprint density at radius 1 is 1.36 bits per heavy atom. The summed E-state index contributed by atoms with van der Waals surface area (Å²) in [4.78, 5) is 12.4. The van der Waals surface area contributed by atoms with E-state index in [0.717, 1.165) is 28.1 Å². The highest BCUT2D eigenvalue weighted by Crippen LogP contribution is 2.26. The first-order valence-electron chi connectivity index (χ1n) is 6.80.